The van der Waals surface area contributed by atoms with Crippen molar-refractivity contribution in [3.8, 4) is 28.5 Å². The van der Waals surface area contributed by atoms with Gasteiger partial charge in [-0.15, -0.1) is 0 Å². The Morgan fingerprint density at radius 2 is 0.922 bits per heavy atom. The Balaban J connectivity index is 1.16. The quantitative estimate of drug-likeness (QED) is 0.186. The van der Waals surface area contributed by atoms with Crippen LogP contribution in [0.5, 0.6) is 0 Å². The Hall–Kier alpha value is -6.65. The van der Waals surface area contributed by atoms with Crippen molar-refractivity contribution in [1.29, 1.82) is 0 Å². The average Bonchev–Trinajstić information content (AvgIpc) is 3.84. The summed E-state index contributed by atoms with van der Waals surface area (Å²) in [5, 5.41) is 6.27. The fourth-order valence-electron chi connectivity index (χ4n) is 8.51. The van der Waals surface area contributed by atoms with Gasteiger partial charge in [-0.25, -0.2) is 4.98 Å². The molecule has 4 heteroatoms. The maximum absolute atomic E-state index is 5.47. The highest BCUT2D eigenvalue weighted by Gasteiger charge is 2.21. The molecule has 0 spiro atoms. The predicted octanol–water partition coefficient (Wildman–Crippen LogP) is 11.8. The molecule has 0 atom stereocenters. The van der Waals surface area contributed by atoms with Crippen LogP contribution in [-0.4, -0.2) is 18.7 Å². The molecule has 240 valence electrons. The maximum Gasteiger partial charge on any atom is 0.140 e. The van der Waals surface area contributed by atoms with Crippen LogP contribution < -0.4 is 0 Å². The van der Waals surface area contributed by atoms with Crippen molar-refractivity contribution in [2.45, 2.75) is 12.8 Å². The zero-order chi connectivity index (χ0) is 33.5. The third-order valence-electron chi connectivity index (χ3n) is 10.7. The third kappa shape index (κ3) is 4.17. The summed E-state index contributed by atoms with van der Waals surface area (Å²) in [5.41, 5.74) is 12.9. The van der Waals surface area contributed by atoms with Gasteiger partial charge in [-0.3, -0.25) is 4.57 Å². The molecule has 0 N–H and O–H groups in total. The van der Waals surface area contributed by atoms with Gasteiger partial charge in [0, 0.05) is 55.5 Å². The number of fused-ring (bicyclic) bond motifs is 9. The molecule has 51 heavy (non-hydrogen) atoms. The van der Waals surface area contributed by atoms with Gasteiger partial charge in [-0.05, 0) is 61.4 Å². The van der Waals surface area contributed by atoms with E-state index in [0.717, 1.165) is 52.3 Å². The SMILES string of the molecule is C1=Cc2c(n(-c3cc(-c4ccc(-n5c6ccccc6c6ccccc65)cc4)nc(-n4c5ccccc5c5ccccc54)c3)c3ccccc23)CC1. The van der Waals surface area contributed by atoms with E-state index in [-0.39, 0.29) is 0 Å². The lowest BCUT2D eigenvalue weighted by atomic mass is 10.0. The smallest absolute Gasteiger partial charge is 0.140 e. The molecule has 4 heterocycles. The summed E-state index contributed by atoms with van der Waals surface area (Å²) < 4.78 is 7.18. The van der Waals surface area contributed by atoms with E-state index in [9.17, 15) is 0 Å². The van der Waals surface area contributed by atoms with Crippen LogP contribution in [0.25, 0.3) is 89.0 Å². The lowest BCUT2D eigenvalue weighted by molar-refractivity contribution is 0.885. The molecule has 0 unspecified atom stereocenters. The number of para-hydroxylation sites is 5. The van der Waals surface area contributed by atoms with Gasteiger partial charge in [-0.1, -0.05) is 115 Å². The first kappa shape index (κ1) is 28.2. The van der Waals surface area contributed by atoms with Gasteiger partial charge in [0.25, 0.3) is 0 Å². The minimum atomic E-state index is 0.907. The molecule has 6 aromatic carbocycles. The van der Waals surface area contributed by atoms with E-state index in [1.54, 1.807) is 0 Å². The molecule has 4 aromatic heterocycles. The molecule has 0 bridgehead atoms. The summed E-state index contributed by atoms with van der Waals surface area (Å²) in [7, 11) is 0. The first-order valence-electron chi connectivity index (χ1n) is 17.7. The highest BCUT2D eigenvalue weighted by atomic mass is 15.1. The fraction of sp³-hybridized carbons (Fsp3) is 0.0426. The van der Waals surface area contributed by atoms with E-state index in [1.807, 2.05) is 0 Å². The second-order valence-corrected chi connectivity index (χ2v) is 13.5. The van der Waals surface area contributed by atoms with Crippen molar-refractivity contribution in [1.82, 2.24) is 18.7 Å². The third-order valence-corrected chi connectivity index (χ3v) is 10.7. The van der Waals surface area contributed by atoms with Crippen LogP contribution in [0.3, 0.4) is 0 Å². The first-order chi connectivity index (χ1) is 25.3. The molecule has 0 amide bonds. The number of benzene rings is 6. The Bertz CT molecular complexity index is 2920. The lowest BCUT2D eigenvalue weighted by Gasteiger charge is -2.17. The van der Waals surface area contributed by atoms with Crippen LogP contribution in [0, 0.1) is 0 Å². The van der Waals surface area contributed by atoms with Crippen LogP contribution in [0.2, 0.25) is 0 Å². The highest BCUT2D eigenvalue weighted by Crippen LogP contribution is 2.38. The number of allylic oxidation sites excluding steroid dienone is 1. The Labute approximate surface area is 294 Å². The normalized spacial score (nSPS) is 12.9. The van der Waals surface area contributed by atoms with Crippen LogP contribution in [0.15, 0.2) is 164 Å². The number of rotatable bonds is 4. The van der Waals surface area contributed by atoms with E-state index < -0.39 is 0 Å². The largest absolute Gasteiger partial charge is 0.313 e. The summed E-state index contributed by atoms with van der Waals surface area (Å²) in [6, 6.07) is 57.0. The van der Waals surface area contributed by atoms with E-state index in [4.69, 9.17) is 4.98 Å². The minimum absolute atomic E-state index is 0.907. The van der Waals surface area contributed by atoms with Gasteiger partial charge in [-0.2, -0.15) is 0 Å². The van der Waals surface area contributed by atoms with Gasteiger partial charge < -0.3 is 9.13 Å². The number of pyridine rings is 1. The molecular formula is C47H32N4. The summed E-state index contributed by atoms with van der Waals surface area (Å²) in [6.07, 6.45) is 6.64. The molecule has 0 saturated heterocycles. The zero-order valence-corrected chi connectivity index (χ0v) is 27.9. The van der Waals surface area contributed by atoms with Crippen molar-refractivity contribution < 1.29 is 0 Å². The second-order valence-electron chi connectivity index (χ2n) is 13.5. The van der Waals surface area contributed by atoms with Gasteiger partial charge in [0.1, 0.15) is 5.82 Å². The lowest BCUT2D eigenvalue weighted by Crippen LogP contribution is -2.06. The number of hydrogen-bond donors (Lipinski definition) is 0. The molecular weight excluding hydrogens is 621 g/mol. The number of hydrogen-bond acceptors (Lipinski definition) is 1. The molecule has 0 fully saturated rings. The van der Waals surface area contributed by atoms with Crippen molar-refractivity contribution in [2.24, 2.45) is 0 Å². The van der Waals surface area contributed by atoms with E-state index in [0.29, 0.717) is 0 Å². The Morgan fingerprint density at radius 3 is 1.49 bits per heavy atom. The van der Waals surface area contributed by atoms with Crippen LogP contribution in [0.4, 0.5) is 0 Å². The van der Waals surface area contributed by atoms with Crippen molar-refractivity contribution in [3.05, 3.63) is 175 Å². The van der Waals surface area contributed by atoms with Crippen molar-refractivity contribution >= 4 is 60.6 Å². The summed E-state index contributed by atoms with van der Waals surface area (Å²) in [4.78, 5) is 5.47. The highest BCUT2D eigenvalue weighted by molar-refractivity contribution is 6.10. The monoisotopic (exact) mass is 652 g/mol. The Morgan fingerprint density at radius 1 is 0.431 bits per heavy atom. The molecule has 1 aliphatic carbocycles. The number of aromatic nitrogens is 4. The van der Waals surface area contributed by atoms with Gasteiger partial charge in [0.15, 0.2) is 0 Å². The van der Waals surface area contributed by atoms with Gasteiger partial charge >= 0.3 is 0 Å². The summed E-state index contributed by atoms with van der Waals surface area (Å²) >= 11 is 0. The molecule has 0 saturated carbocycles. The van der Waals surface area contributed by atoms with Crippen molar-refractivity contribution in [3.63, 3.8) is 0 Å². The summed E-state index contributed by atoms with van der Waals surface area (Å²) in [6.45, 7) is 0. The van der Waals surface area contributed by atoms with E-state index in [1.165, 1.54) is 54.7 Å². The van der Waals surface area contributed by atoms with Crippen LogP contribution in [-0.2, 0) is 6.42 Å². The molecule has 0 aliphatic heterocycles. The van der Waals surface area contributed by atoms with Crippen molar-refractivity contribution in [2.75, 3.05) is 0 Å². The average molecular weight is 653 g/mol. The minimum Gasteiger partial charge on any atom is -0.313 e. The molecule has 10 aromatic rings. The van der Waals surface area contributed by atoms with E-state index >= 15 is 0 Å². The predicted molar refractivity (Wildman–Crippen MR) is 213 cm³/mol. The van der Waals surface area contributed by atoms with Gasteiger partial charge in [0.05, 0.1) is 39.0 Å². The maximum atomic E-state index is 5.47. The van der Waals surface area contributed by atoms with Gasteiger partial charge in [0.2, 0.25) is 0 Å². The molecule has 4 nitrogen and oxygen atoms in total. The van der Waals surface area contributed by atoms with Crippen LogP contribution in [0.1, 0.15) is 17.7 Å². The number of nitrogens with zero attached hydrogens (tertiary/aromatic N) is 4. The zero-order valence-electron chi connectivity index (χ0n) is 27.9. The first-order valence-corrected chi connectivity index (χ1v) is 17.7. The summed E-state index contributed by atoms with van der Waals surface area (Å²) in [5.74, 6) is 0.907. The standard InChI is InChI=1S/C47H32N4/c1-7-19-41-34(13-1)35-14-2-8-20-42(35)49(41)32-27-25-31(26-28-32)40-29-33(50-43-21-9-3-15-36(43)37-16-4-10-22-44(37)50)30-47(48-40)51-45-23-11-5-17-38(45)39-18-6-12-24-46(39)51/h1-9,11-21,23-30H,10,22H2. The Kier molecular flexibility index (Phi) is 6.05. The topological polar surface area (TPSA) is 27.7 Å². The molecule has 0 radical (unpaired) electrons. The molecule has 11 rings (SSSR count). The fourth-order valence-corrected chi connectivity index (χ4v) is 8.51. The second kappa shape index (κ2) is 10.9. The molecule has 1 aliphatic rings. The van der Waals surface area contributed by atoms with E-state index in [2.05, 4.69) is 184 Å². The van der Waals surface area contributed by atoms with Crippen LogP contribution >= 0.6 is 0 Å².